The molecule has 1 fully saturated rings. The van der Waals surface area contributed by atoms with Gasteiger partial charge in [-0.05, 0) is 32.8 Å². The van der Waals surface area contributed by atoms with E-state index in [1.807, 2.05) is 51.1 Å². The van der Waals surface area contributed by atoms with Gasteiger partial charge in [0.05, 0.1) is 6.04 Å². The molecule has 1 aromatic carbocycles. The van der Waals surface area contributed by atoms with Crippen molar-refractivity contribution in [3.8, 4) is 0 Å². The summed E-state index contributed by atoms with van der Waals surface area (Å²) in [4.78, 5) is 25.1. The number of rotatable bonds is 2. The highest BCUT2D eigenvalue weighted by molar-refractivity contribution is 5.75. The lowest BCUT2D eigenvalue weighted by atomic mass is 9.92. The fraction of sp³-hybridized carbons (Fsp3) is 0.500. The molecule has 2 atom stereocenters. The second-order valence-corrected chi connectivity index (χ2v) is 6.11. The summed E-state index contributed by atoms with van der Waals surface area (Å²) in [7, 11) is 0. The van der Waals surface area contributed by atoms with Gasteiger partial charge in [0.1, 0.15) is 11.9 Å². The van der Waals surface area contributed by atoms with Crippen molar-refractivity contribution in [1.29, 1.82) is 0 Å². The van der Waals surface area contributed by atoms with Crippen LogP contribution in [-0.2, 0) is 9.53 Å². The molecule has 4 nitrogen and oxygen atoms in total. The number of amides is 1. The Morgan fingerprint density at radius 2 is 1.95 bits per heavy atom. The van der Waals surface area contributed by atoms with Crippen LogP contribution in [0.3, 0.4) is 0 Å². The van der Waals surface area contributed by atoms with Crippen molar-refractivity contribution in [2.45, 2.75) is 44.8 Å². The van der Waals surface area contributed by atoms with Gasteiger partial charge in [-0.15, -0.1) is 0 Å². The maximum Gasteiger partial charge on any atom is 0.410 e. The predicted molar refractivity (Wildman–Crippen MR) is 76.6 cm³/mol. The van der Waals surface area contributed by atoms with E-state index < -0.39 is 17.7 Å². The van der Waals surface area contributed by atoms with Crippen LogP contribution in [0.25, 0.3) is 0 Å². The number of likely N-dealkylation sites (tertiary alicyclic amines) is 1. The van der Waals surface area contributed by atoms with Crippen molar-refractivity contribution in [2.75, 3.05) is 6.54 Å². The zero-order valence-electron chi connectivity index (χ0n) is 12.2. The Kier molecular flexibility index (Phi) is 4.12. The second-order valence-electron chi connectivity index (χ2n) is 6.11. The second kappa shape index (κ2) is 5.65. The summed E-state index contributed by atoms with van der Waals surface area (Å²) in [6, 6.07) is 9.41. The molecule has 4 heteroatoms. The van der Waals surface area contributed by atoms with E-state index in [1.54, 1.807) is 0 Å². The van der Waals surface area contributed by atoms with E-state index in [0.29, 0.717) is 6.54 Å². The van der Waals surface area contributed by atoms with Crippen LogP contribution in [-0.4, -0.2) is 35.5 Å². The van der Waals surface area contributed by atoms with E-state index in [-0.39, 0.29) is 5.92 Å². The molecule has 1 aliphatic rings. The summed E-state index contributed by atoms with van der Waals surface area (Å²) >= 11 is 0. The number of carbonyl (C=O) groups is 2. The third-order valence-electron chi connectivity index (χ3n) is 3.45. The number of ether oxygens (including phenoxy) is 1. The molecule has 2 rings (SSSR count). The monoisotopic (exact) mass is 275 g/mol. The average Bonchev–Trinajstić information content (AvgIpc) is 2.81. The first kappa shape index (κ1) is 14.6. The van der Waals surface area contributed by atoms with Crippen LogP contribution in [0.4, 0.5) is 4.79 Å². The van der Waals surface area contributed by atoms with Gasteiger partial charge in [-0.2, -0.15) is 0 Å². The van der Waals surface area contributed by atoms with Crippen molar-refractivity contribution in [3.05, 3.63) is 35.9 Å². The van der Waals surface area contributed by atoms with Crippen molar-refractivity contribution in [1.82, 2.24) is 4.90 Å². The number of aldehydes is 1. The Labute approximate surface area is 119 Å². The van der Waals surface area contributed by atoms with Crippen molar-refractivity contribution in [3.63, 3.8) is 0 Å². The summed E-state index contributed by atoms with van der Waals surface area (Å²) in [6.07, 6.45) is 1.23. The minimum Gasteiger partial charge on any atom is -0.444 e. The van der Waals surface area contributed by atoms with Gasteiger partial charge in [0.15, 0.2) is 0 Å². The molecular formula is C16H21NO3. The number of benzene rings is 1. The fourth-order valence-corrected chi connectivity index (χ4v) is 2.58. The van der Waals surface area contributed by atoms with Gasteiger partial charge in [-0.1, -0.05) is 30.3 Å². The van der Waals surface area contributed by atoms with Crippen molar-refractivity contribution >= 4 is 12.4 Å². The van der Waals surface area contributed by atoms with E-state index in [4.69, 9.17) is 4.74 Å². The number of hydrogen-bond acceptors (Lipinski definition) is 3. The minimum absolute atomic E-state index is 0.0567. The van der Waals surface area contributed by atoms with E-state index >= 15 is 0 Å². The summed E-state index contributed by atoms with van der Waals surface area (Å²) in [5, 5.41) is 0. The molecule has 20 heavy (non-hydrogen) atoms. The van der Waals surface area contributed by atoms with Crippen molar-refractivity contribution in [2.24, 2.45) is 0 Å². The molecule has 0 aromatic heterocycles. The predicted octanol–water partition coefficient (Wildman–Crippen LogP) is 2.98. The molecule has 1 heterocycles. The molecule has 0 spiro atoms. The Morgan fingerprint density at radius 1 is 1.30 bits per heavy atom. The van der Waals surface area contributed by atoms with Gasteiger partial charge in [0, 0.05) is 12.5 Å². The normalized spacial score (nSPS) is 22.6. The number of hydrogen-bond donors (Lipinski definition) is 0. The van der Waals surface area contributed by atoms with Crippen LogP contribution in [0.15, 0.2) is 30.3 Å². The third kappa shape index (κ3) is 3.18. The largest absolute Gasteiger partial charge is 0.444 e. The van der Waals surface area contributed by atoms with E-state index in [2.05, 4.69) is 0 Å². The van der Waals surface area contributed by atoms with Crippen LogP contribution in [0, 0.1) is 0 Å². The number of carbonyl (C=O) groups excluding carboxylic acids is 2. The van der Waals surface area contributed by atoms with Gasteiger partial charge in [0.2, 0.25) is 0 Å². The lowest BCUT2D eigenvalue weighted by molar-refractivity contribution is -0.112. The number of nitrogens with zero attached hydrogens (tertiary/aromatic N) is 1. The molecule has 0 N–H and O–H groups in total. The van der Waals surface area contributed by atoms with Crippen LogP contribution in [0.2, 0.25) is 0 Å². The van der Waals surface area contributed by atoms with E-state index in [1.165, 1.54) is 4.90 Å². The molecule has 1 aromatic rings. The lowest BCUT2D eigenvalue weighted by Crippen LogP contribution is -2.41. The Morgan fingerprint density at radius 3 is 2.50 bits per heavy atom. The fourth-order valence-electron chi connectivity index (χ4n) is 2.58. The van der Waals surface area contributed by atoms with Gasteiger partial charge in [0.25, 0.3) is 0 Å². The first-order chi connectivity index (χ1) is 9.42. The van der Waals surface area contributed by atoms with E-state index in [9.17, 15) is 9.59 Å². The standard InChI is InChI=1S/C16H21NO3/c1-16(2,3)20-15(19)17-10-9-13(14(17)11-18)12-7-5-4-6-8-12/h4-8,11,13-14H,9-10H2,1-3H3/t13-,14+/m0/s1. The highest BCUT2D eigenvalue weighted by Crippen LogP contribution is 2.33. The molecule has 1 amide bonds. The summed E-state index contributed by atoms with van der Waals surface area (Å²) in [6.45, 7) is 6.03. The van der Waals surface area contributed by atoms with Gasteiger partial charge in [-0.3, -0.25) is 4.90 Å². The topological polar surface area (TPSA) is 46.6 Å². The Hall–Kier alpha value is -1.84. The Balaban J connectivity index is 2.14. The smallest absolute Gasteiger partial charge is 0.410 e. The highest BCUT2D eigenvalue weighted by Gasteiger charge is 2.39. The zero-order chi connectivity index (χ0) is 14.8. The van der Waals surface area contributed by atoms with Gasteiger partial charge < -0.3 is 9.53 Å². The van der Waals surface area contributed by atoms with Gasteiger partial charge >= 0.3 is 6.09 Å². The molecule has 0 aliphatic carbocycles. The maximum absolute atomic E-state index is 12.2. The van der Waals surface area contributed by atoms with Gasteiger partial charge in [-0.25, -0.2) is 4.79 Å². The van der Waals surface area contributed by atoms with Crippen LogP contribution >= 0.6 is 0 Å². The molecule has 108 valence electrons. The molecule has 0 bridgehead atoms. The first-order valence-corrected chi connectivity index (χ1v) is 6.92. The Bertz CT molecular complexity index is 478. The molecular weight excluding hydrogens is 254 g/mol. The van der Waals surface area contributed by atoms with Crippen molar-refractivity contribution < 1.29 is 14.3 Å². The van der Waals surface area contributed by atoms with Crippen LogP contribution < -0.4 is 0 Å². The van der Waals surface area contributed by atoms with Crippen LogP contribution in [0.1, 0.15) is 38.7 Å². The summed E-state index contributed by atoms with van der Waals surface area (Å²) in [5.41, 5.74) is 0.547. The minimum atomic E-state index is -0.546. The zero-order valence-corrected chi connectivity index (χ0v) is 12.2. The summed E-state index contributed by atoms with van der Waals surface area (Å²) in [5.74, 6) is 0.0567. The lowest BCUT2D eigenvalue weighted by Gasteiger charge is -2.27. The first-order valence-electron chi connectivity index (χ1n) is 6.92. The van der Waals surface area contributed by atoms with E-state index in [0.717, 1.165) is 18.3 Å². The molecule has 1 aliphatic heterocycles. The molecule has 0 radical (unpaired) electrons. The molecule has 1 saturated heterocycles. The quantitative estimate of drug-likeness (QED) is 0.779. The van der Waals surface area contributed by atoms with Crippen LogP contribution in [0.5, 0.6) is 0 Å². The SMILES string of the molecule is CC(C)(C)OC(=O)N1CC[C@@H](c2ccccc2)[C@H]1C=O. The summed E-state index contributed by atoms with van der Waals surface area (Å²) < 4.78 is 5.37. The molecule has 0 unspecified atom stereocenters. The molecule has 0 saturated carbocycles. The third-order valence-corrected chi connectivity index (χ3v) is 3.45. The maximum atomic E-state index is 12.2. The average molecular weight is 275 g/mol. The highest BCUT2D eigenvalue weighted by atomic mass is 16.6.